The number of carbonyl (C=O) groups is 1. The number of methoxy groups -OCH3 is 3. The summed E-state index contributed by atoms with van der Waals surface area (Å²) in [5.41, 5.74) is 0.875. The molecular weight excluding hydrogens is 436 g/mol. The van der Waals surface area contributed by atoms with E-state index in [1.165, 1.54) is 21.3 Å². The molecular formula is C23H28O10. The van der Waals surface area contributed by atoms with Crippen LogP contribution in [-0.2, 0) is 20.8 Å². The van der Waals surface area contributed by atoms with Gasteiger partial charge in [0.2, 0.25) is 6.29 Å². The molecule has 0 amide bonds. The maximum absolute atomic E-state index is 12.9. The number of aliphatic hydroxyl groups excluding tert-OH is 3. The zero-order chi connectivity index (χ0) is 23.9. The second-order valence-electron chi connectivity index (χ2n) is 8.00. The van der Waals surface area contributed by atoms with Gasteiger partial charge in [0.15, 0.2) is 5.78 Å². The fraction of sp³-hybridized carbons (Fsp3) is 0.522. The van der Waals surface area contributed by atoms with E-state index in [1.54, 1.807) is 25.1 Å². The molecule has 33 heavy (non-hydrogen) atoms. The Morgan fingerprint density at radius 3 is 2.48 bits per heavy atom. The average Bonchev–Trinajstić information content (AvgIpc) is 2.83. The molecule has 4 rings (SSSR count). The SMILES string of the molecule is COc1cc(OC)c2c(O[C@@H]3O[C@H](CO)[C@@H](OC)[C@H](O)[C@H]3O)c3c(cc2c1)C(=O)[C@H](C)OC3. The van der Waals surface area contributed by atoms with Crippen LogP contribution in [0.3, 0.4) is 0 Å². The first-order chi connectivity index (χ1) is 15.8. The third kappa shape index (κ3) is 4.03. The molecule has 0 spiro atoms. The van der Waals surface area contributed by atoms with Gasteiger partial charge >= 0.3 is 0 Å². The molecule has 0 unspecified atom stereocenters. The van der Waals surface area contributed by atoms with Crippen molar-refractivity contribution in [2.45, 2.75) is 50.3 Å². The molecule has 1 saturated heterocycles. The maximum atomic E-state index is 12.9. The van der Waals surface area contributed by atoms with Crippen molar-refractivity contribution >= 4 is 16.6 Å². The monoisotopic (exact) mass is 464 g/mol. The van der Waals surface area contributed by atoms with Crippen LogP contribution in [0.4, 0.5) is 0 Å². The van der Waals surface area contributed by atoms with Gasteiger partial charge in [-0.15, -0.1) is 0 Å². The molecule has 2 aromatic rings. The Balaban J connectivity index is 1.88. The second kappa shape index (κ2) is 9.41. The quantitative estimate of drug-likeness (QED) is 0.563. The molecule has 180 valence electrons. The van der Waals surface area contributed by atoms with Gasteiger partial charge in [0, 0.05) is 24.3 Å². The summed E-state index contributed by atoms with van der Waals surface area (Å²) in [6.07, 6.45) is -6.75. The molecule has 10 nitrogen and oxygen atoms in total. The van der Waals surface area contributed by atoms with Crippen LogP contribution in [0.5, 0.6) is 17.2 Å². The summed E-state index contributed by atoms with van der Waals surface area (Å²) in [6.45, 7) is 1.29. The van der Waals surface area contributed by atoms with Crippen LogP contribution in [0, 0.1) is 0 Å². The summed E-state index contributed by atoms with van der Waals surface area (Å²) in [6, 6.07) is 5.14. The van der Waals surface area contributed by atoms with E-state index in [0.29, 0.717) is 33.4 Å². The second-order valence-corrected chi connectivity index (χ2v) is 8.00. The Morgan fingerprint density at radius 2 is 1.85 bits per heavy atom. The minimum Gasteiger partial charge on any atom is -0.497 e. The third-order valence-electron chi connectivity index (χ3n) is 6.13. The number of carbonyl (C=O) groups excluding carboxylic acids is 1. The van der Waals surface area contributed by atoms with Crippen molar-refractivity contribution < 1.29 is 48.5 Å². The lowest BCUT2D eigenvalue weighted by molar-refractivity contribution is -0.281. The van der Waals surface area contributed by atoms with Crippen molar-refractivity contribution in [2.24, 2.45) is 0 Å². The molecule has 0 radical (unpaired) electrons. The largest absolute Gasteiger partial charge is 0.497 e. The summed E-state index contributed by atoms with van der Waals surface area (Å²) in [4.78, 5) is 12.9. The summed E-state index contributed by atoms with van der Waals surface area (Å²) in [7, 11) is 4.35. The van der Waals surface area contributed by atoms with Gasteiger partial charge in [-0.1, -0.05) is 0 Å². The zero-order valence-corrected chi connectivity index (χ0v) is 18.8. The van der Waals surface area contributed by atoms with Crippen molar-refractivity contribution in [3.63, 3.8) is 0 Å². The van der Waals surface area contributed by atoms with Gasteiger partial charge in [0.25, 0.3) is 0 Å². The van der Waals surface area contributed by atoms with E-state index in [4.69, 9.17) is 28.4 Å². The van der Waals surface area contributed by atoms with E-state index >= 15 is 0 Å². The number of ether oxygens (including phenoxy) is 6. The smallest absolute Gasteiger partial charge is 0.229 e. The number of fused-ring (bicyclic) bond motifs is 2. The van der Waals surface area contributed by atoms with Crippen molar-refractivity contribution in [3.05, 3.63) is 29.3 Å². The predicted molar refractivity (Wildman–Crippen MR) is 115 cm³/mol. The Labute approximate surface area is 190 Å². The van der Waals surface area contributed by atoms with E-state index in [9.17, 15) is 20.1 Å². The number of hydrogen-bond donors (Lipinski definition) is 3. The number of benzene rings is 2. The lowest BCUT2D eigenvalue weighted by Gasteiger charge is -2.41. The van der Waals surface area contributed by atoms with Crippen molar-refractivity contribution in [2.75, 3.05) is 27.9 Å². The van der Waals surface area contributed by atoms with Gasteiger partial charge in [0.1, 0.15) is 47.8 Å². The standard InChI is InChI=1S/C23H28O10/c1-10-18(25)13-6-11-5-12(28-2)7-15(29-3)17(11)21(14(13)9-31-10)33-23-20(27)19(26)22(30-4)16(8-24)32-23/h5-7,10,16,19-20,22-24,26-27H,8-9H2,1-4H3/t10-,16+,19+,20+,22+,23-/m0/s1. The molecule has 0 bridgehead atoms. The lowest BCUT2D eigenvalue weighted by Crippen LogP contribution is -2.60. The normalized spacial score (nSPS) is 29.6. The molecule has 6 atom stereocenters. The first kappa shape index (κ1) is 23.7. The summed E-state index contributed by atoms with van der Waals surface area (Å²) in [5.74, 6) is 0.923. The van der Waals surface area contributed by atoms with E-state index in [0.717, 1.165) is 0 Å². The van der Waals surface area contributed by atoms with Crippen LogP contribution in [0.15, 0.2) is 18.2 Å². The minimum absolute atomic E-state index is 0.0815. The highest BCUT2D eigenvalue weighted by atomic mass is 16.7. The number of rotatable bonds is 6. The molecule has 2 aliphatic rings. The minimum atomic E-state index is -1.49. The van der Waals surface area contributed by atoms with Crippen LogP contribution in [0.2, 0.25) is 0 Å². The van der Waals surface area contributed by atoms with E-state index in [1.807, 2.05) is 0 Å². The van der Waals surface area contributed by atoms with Crippen molar-refractivity contribution in [3.8, 4) is 17.2 Å². The molecule has 0 saturated carbocycles. The van der Waals surface area contributed by atoms with Crippen molar-refractivity contribution in [1.82, 2.24) is 0 Å². The molecule has 3 N–H and O–H groups in total. The summed E-state index contributed by atoms with van der Waals surface area (Å²) in [5, 5.41) is 32.0. The maximum Gasteiger partial charge on any atom is 0.229 e. The average molecular weight is 464 g/mol. The van der Waals surface area contributed by atoms with Gasteiger partial charge in [-0.3, -0.25) is 4.79 Å². The summed E-state index contributed by atoms with van der Waals surface area (Å²) < 4.78 is 33.6. The van der Waals surface area contributed by atoms with Crippen LogP contribution in [-0.4, -0.2) is 85.8 Å². The highest BCUT2D eigenvalue weighted by molar-refractivity contribution is 6.08. The fourth-order valence-corrected chi connectivity index (χ4v) is 4.32. The van der Waals surface area contributed by atoms with Gasteiger partial charge in [-0.25, -0.2) is 0 Å². The summed E-state index contributed by atoms with van der Waals surface area (Å²) >= 11 is 0. The molecule has 0 aliphatic carbocycles. The molecule has 0 aromatic heterocycles. The van der Waals surface area contributed by atoms with Crippen LogP contribution in [0.1, 0.15) is 22.8 Å². The van der Waals surface area contributed by atoms with E-state index in [2.05, 4.69) is 0 Å². The van der Waals surface area contributed by atoms with E-state index in [-0.39, 0.29) is 18.1 Å². The Kier molecular flexibility index (Phi) is 6.76. The molecule has 10 heteroatoms. The predicted octanol–water partition coefficient (Wildman–Crippen LogP) is 0.791. The number of Topliss-reactive ketones (excluding diaryl/α,β-unsaturated/α-hetero) is 1. The third-order valence-corrected chi connectivity index (χ3v) is 6.13. The molecule has 2 heterocycles. The van der Waals surface area contributed by atoms with Gasteiger partial charge in [-0.05, 0) is 24.4 Å². The topological polar surface area (TPSA) is 133 Å². The Hall–Kier alpha value is -2.47. The Morgan fingerprint density at radius 1 is 1.09 bits per heavy atom. The lowest BCUT2D eigenvalue weighted by atomic mass is 9.92. The molecule has 2 aromatic carbocycles. The van der Waals surface area contributed by atoms with Crippen LogP contribution in [0.25, 0.3) is 10.8 Å². The highest BCUT2D eigenvalue weighted by Gasteiger charge is 2.46. The molecule has 2 aliphatic heterocycles. The molecule has 1 fully saturated rings. The van der Waals surface area contributed by atoms with Crippen molar-refractivity contribution in [1.29, 1.82) is 0 Å². The van der Waals surface area contributed by atoms with Gasteiger partial charge in [0.05, 0.1) is 32.8 Å². The highest BCUT2D eigenvalue weighted by Crippen LogP contribution is 2.44. The van der Waals surface area contributed by atoms with Crippen LogP contribution < -0.4 is 14.2 Å². The first-order valence-electron chi connectivity index (χ1n) is 10.5. The van der Waals surface area contributed by atoms with Crippen LogP contribution >= 0.6 is 0 Å². The number of hydrogen-bond acceptors (Lipinski definition) is 10. The number of ketones is 1. The van der Waals surface area contributed by atoms with Gasteiger partial charge in [-0.2, -0.15) is 0 Å². The Bertz CT molecular complexity index is 1040. The number of aliphatic hydroxyl groups is 3. The first-order valence-corrected chi connectivity index (χ1v) is 10.5. The van der Waals surface area contributed by atoms with Gasteiger partial charge < -0.3 is 43.7 Å². The fourth-order valence-electron chi connectivity index (χ4n) is 4.32. The van der Waals surface area contributed by atoms with E-state index < -0.39 is 43.4 Å². The zero-order valence-electron chi connectivity index (χ0n) is 18.8.